The first-order valence-electron chi connectivity index (χ1n) is 5.78. The molecule has 0 spiro atoms. The van der Waals surface area contributed by atoms with Crippen LogP contribution in [0.15, 0.2) is 22.7 Å². The van der Waals surface area contributed by atoms with E-state index >= 15 is 0 Å². The number of benzene rings is 1. The Labute approximate surface area is 112 Å². The second kappa shape index (κ2) is 7.69. The van der Waals surface area contributed by atoms with Crippen LogP contribution in [0.3, 0.4) is 0 Å². The molecule has 1 rings (SSSR count). The molecule has 0 heterocycles. The number of rotatable bonds is 7. The van der Waals surface area contributed by atoms with Crippen LogP contribution in [0.5, 0.6) is 5.75 Å². The van der Waals surface area contributed by atoms with Gasteiger partial charge < -0.3 is 14.8 Å². The molecular weight excluding hydrogens is 282 g/mol. The van der Waals surface area contributed by atoms with Crippen LogP contribution < -0.4 is 10.1 Å². The van der Waals surface area contributed by atoms with E-state index in [0.29, 0.717) is 0 Å². The lowest BCUT2D eigenvalue weighted by molar-refractivity contribution is 0.199. The summed E-state index contributed by atoms with van der Waals surface area (Å²) < 4.78 is 11.7. The van der Waals surface area contributed by atoms with Gasteiger partial charge in [-0.3, -0.25) is 0 Å². The number of hydrogen-bond acceptors (Lipinski definition) is 3. The van der Waals surface area contributed by atoms with E-state index in [1.165, 1.54) is 5.56 Å². The van der Waals surface area contributed by atoms with Crippen LogP contribution in [0, 0.1) is 0 Å². The number of methoxy groups -OCH3 is 1. The van der Waals surface area contributed by atoms with Gasteiger partial charge >= 0.3 is 0 Å². The zero-order valence-electron chi connectivity index (χ0n) is 10.6. The van der Waals surface area contributed by atoms with E-state index in [-0.39, 0.29) is 6.10 Å². The Bertz CT molecular complexity index is 342. The monoisotopic (exact) mass is 301 g/mol. The Morgan fingerprint density at radius 2 is 2.12 bits per heavy atom. The molecule has 0 atom stereocenters. The zero-order chi connectivity index (χ0) is 12.7. The number of ether oxygens (including phenoxy) is 2. The lowest BCUT2D eigenvalue weighted by atomic mass is 10.2. The van der Waals surface area contributed by atoms with Crippen LogP contribution in [0.4, 0.5) is 0 Å². The molecule has 1 aromatic rings. The van der Waals surface area contributed by atoms with Crippen molar-refractivity contribution in [2.45, 2.75) is 26.5 Å². The molecule has 0 saturated carbocycles. The van der Waals surface area contributed by atoms with Gasteiger partial charge in [-0.1, -0.05) is 15.9 Å². The minimum Gasteiger partial charge on any atom is -0.491 e. The fourth-order valence-corrected chi connectivity index (χ4v) is 1.82. The number of halogens is 1. The van der Waals surface area contributed by atoms with Gasteiger partial charge in [-0.2, -0.15) is 0 Å². The first-order valence-corrected chi connectivity index (χ1v) is 6.57. The van der Waals surface area contributed by atoms with Gasteiger partial charge in [0.2, 0.25) is 0 Å². The van der Waals surface area contributed by atoms with Crippen molar-refractivity contribution in [2.75, 3.05) is 20.3 Å². The van der Waals surface area contributed by atoms with Gasteiger partial charge in [-0.05, 0) is 37.6 Å². The van der Waals surface area contributed by atoms with Crippen molar-refractivity contribution < 1.29 is 9.47 Å². The summed E-state index contributed by atoms with van der Waals surface area (Å²) >= 11 is 3.54. The molecule has 0 saturated heterocycles. The summed E-state index contributed by atoms with van der Waals surface area (Å²) in [6, 6.07) is 6.05. The largest absolute Gasteiger partial charge is 0.491 e. The predicted molar refractivity (Wildman–Crippen MR) is 73.5 cm³/mol. The molecule has 0 aromatic heterocycles. The quantitative estimate of drug-likeness (QED) is 0.786. The molecule has 0 amide bonds. The van der Waals surface area contributed by atoms with Gasteiger partial charge in [0.1, 0.15) is 5.75 Å². The summed E-state index contributed by atoms with van der Waals surface area (Å²) in [5.41, 5.74) is 1.19. The van der Waals surface area contributed by atoms with Gasteiger partial charge in [0.15, 0.2) is 0 Å². The fraction of sp³-hybridized carbons (Fsp3) is 0.538. The molecule has 17 heavy (non-hydrogen) atoms. The van der Waals surface area contributed by atoms with Gasteiger partial charge in [0.25, 0.3) is 0 Å². The van der Waals surface area contributed by atoms with Crippen LogP contribution in [0.2, 0.25) is 0 Å². The van der Waals surface area contributed by atoms with Crippen LogP contribution in [0.25, 0.3) is 0 Å². The molecule has 1 N–H and O–H groups in total. The number of hydrogen-bond donors (Lipinski definition) is 1. The maximum absolute atomic E-state index is 5.66. The molecule has 0 fully saturated rings. The van der Waals surface area contributed by atoms with E-state index in [2.05, 4.69) is 27.3 Å². The van der Waals surface area contributed by atoms with Crippen molar-refractivity contribution in [2.24, 2.45) is 0 Å². The highest BCUT2D eigenvalue weighted by molar-refractivity contribution is 9.10. The summed E-state index contributed by atoms with van der Waals surface area (Å²) in [5.74, 6) is 0.909. The molecule has 0 aliphatic carbocycles. The van der Waals surface area contributed by atoms with Gasteiger partial charge in [0.05, 0.1) is 12.7 Å². The molecule has 0 unspecified atom stereocenters. The Hall–Kier alpha value is -0.580. The third-order valence-corrected chi connectivity index (χ3v) is 2.96. The summed E-state index contributed by atoms with van der Waals surface area (Å²) in [5, 5.41) is 3.31. The van der Waals surface area contributed by atoms with E-state index in [0.717, 1.165) is 29.9 Å². The highest BCUT2D eigenvalue weighted by Crippen LogP contribution is 2.23. The molecular formula is C13H20BrNO2. The van der Waals surface area contributed by atoms with E-state index in [4.69, 9.17) is 9.47 Å². The van der Waals surface area contributed by atoms with Crippen molar-refractivity contribution >= 4 is 15.9 Å². The molecule has 96 valence electrons. The van der Waals surface area contributed by atoms with Crippen molar-refractivity contribution in [3.05, 3.63) is 28.2 Å². The van der Waals surface area contributed by atoms with Gasteiger partial charge in [-0.15, -0.1) is 0 Å². The Kier molecular flexibility index (Phi) is 6.55. The molecule has 0 radical (unpaired) electrons. The van der Waals surface area contributed by atoms with Crippen molar-refractivity contribution in [3.63, 3.8) is 0 Å². The summed E-state index contributed by atoms with van der Waals surface area (Å²) in [4.78, 5) is 0. The average molecular weight is 302 g/mol. The standard InChI is InChI=1S/C13H20BrNO2/c1-10(2)17-12-4-5-13(14)11(8-12)9-15-6-7-16-3/h4-5,8,10,15H,6-7,9H2,1-3H3. The molecule has 0 aliphatic heterocycles. The Balaban J connectivity index is 2.57. The summed E-state index contributed by atoms with van der Waals surface area (Å²) in [6.45, 7) is 6.42. The Morgan fingerprint density at radius 1 is 1.35 bits per heavy atom. The van der Waals surface area contributed by atoms with Gasteiger partial charge in [-0.25, -0.2) is 0 Å². The highest BCUT2D eigenvalue weighted by Gasteiger charge is 2.03. The molecule has 4 heteroatoms. The van der Waals surface area contributed by atoms with E-state index in [1.807, 2.05) is 26.0 Å². The third-order valence-electron chi connectivity index (χ3n) is 2.19. The average Bonchev–Trinajstić information content (AvgIpc) is 2.28. The summed E-state index contributed by atoms with van der Waals surface area (Å²) in [7, 11) is 1.70. The third kappa shape index (κ3) is 5.52. The van der Waals surface area contributed by atoms with Crippen LogP contribution >= 0.6 is 15.9 Å². The fourth-order valence-electron chi connectivity index (χ4n) is 1.43. The second-order valence-corrected chi connectivity index (χ2v) is 4.94. The second-order valence-electron chi connectivity index (χ2n) is 4.09. The summed E-state index contributed by atoms with van der Waals surface area (Å²) in [6.07, 6.45) is 0.200. The minimum absolute atomic E-state index is 0.200. The topological polar surface area (TPSA) is 30.5 Å². The smallest absolute Gasteiger partial charge is 0.120 e. The first kappa shape index (κ1) is 14.5. The maximum Gasteiger partial charge on any atom is 0.120 e. The Morgan fingerprint density at radius 3 is 2.76 bits per heavy atom. The van der Waals surface area contributed by atoms with E-state index in [1.54, 1.807) is 7.11 Å². The lowest BCUT2D eigenvalue weighted by Crippen LogP contribution is -2.18. The normalized spacial score (nSPS) is 10.9. The first-order chi connectivity index (χ1) is 8.13. The zero-order valence-corrected chi connectivity index (χ0v) is 12.2. The maximum atomic E-state index is 5.66. The molecule has 0 bridgehead atoms. The predicted octanol–water partition coefficient (Wildman–Crippen LogP) is 2.97. The van der Waals surface area contributed by atoms with Gasteiger partial charge in [0, 0.05) is 24.7 Å². The van der Waals surface area contributed by atoms with Crippen LogP contribution in [-0.2, 0) is 11.3 Å². The molecule has 0 aliphatic rings. The van der Waals surface area contributed by atoms with Crippen molar-refractivity contribution in [1.29, 1.82) is 0 Å². The highest BCUT2D eigenvalue weighted by atomic mass is 79.9. The minimum atomic E-state index is 0.200. The molecule has 3 nitrogen and oxygen atoms in total. The van der Waals surface area contributed by atoms with Crippen LogP contribution in [-0.4, -0.2) is 26.4 Å². The molecule has 1 aromatic carbocycles. The van der Waals surface area contributed by atoms with Crippen molar-refractivity contribution in [3.8, 4) is 5.75 Å². The SMILES string of the molecule is COCCNCc1cc(OC(C)C)ccc1Br. The van der Waals surface area contributed by atoms with Crippen LogP contribution in [0.1, 0.15) is 19.4 Å². The lowest BCUT2D eigenvalue weighted by Gasteiger charge is -2.12. The van der Waals surface area contributed by atoms with Crippen molar-refractivity contribution in [1.82, 2.24) is 5.32 Å². The van der Waals surface area contributed by atoms with E-state index < -0.39 is 0 Å². The number of nitrogens with one attached hydrogen (secondary N) is 1. The van der Waals surface area contributed by atoms with E-state index in [9.17, 15) is 0 Å².